The number of hydrogen-bond donors (Lipinski definition) is 1. The Morgan fingerprint density at radius 3 is 2.76 bits per heavy atom. The largest absolute Gasteiger partial charge is 0.392 e. The van der Waals surface area contributed by atoms with E-state index in [9.17, 15) is 5.11 Å². The molecule has 2 heteroatoms. The van der Waals surface area contributed by atoms with E-state index in [2.05, 4.69) is 55.5 Å². The van der Waals surface area contributed by atoms with E-state index in [-0.39, 0.29) is 12.7 Å². The Balaban J connectivity index is 1.70. The smallest absolute Gasteiger partial charge is 0.0810 e. The fourth-order valence-corrected chi connectivity index (χ4v) is 3.01. The Labute approximate surface area is 126 Å². The summed E-state index contributed by atoms with van der Waals surface area (Å²) in [5.74, 6) is 0.407. The van der Waals surface area contributed by atoms with Crippen molar-refractivity contribution in [1.82, 2.24) is 0 Å². The maximum absolute atomic E-state index is 9.47. The minimum absolute atomic E-state index is 0.0673. The van der Waals surface area contributed by atoms with Crippen molar-refractivity contribution in [3.05, 3.63) is 59.7 Å². The van der Waals surface area contributed by atoms with Crippen LogP contribution in [0.5, 0.6) is 0 Å². The summed E-state index contributed by atoms with van der Waals surface area (Å²) in [5, 5.41) is 12.0. The first kappa shape index (κ1) is 14.3. The number of benzene rings is 2. The maximum atomic E-state index is 9.47. The van der Waals surface area contributed by atoms with E-state index in [4.69, 9.17) is 4.74 Å². The molecule has 2 atom stereocenters. The molecule has 2 aromatic carbocycles. The van der Waals surface area contributed by atoms with Gasteiger partial charge >= 0.3 is 0 Å². The molecular weight excluding hydrogens is 260 g/mol. The summed E-state index contributed by atoms with van der Waals surface area (Å²) in [6.07, 6.45) is 4.13. The van der Waals surface area contributed by atoms with E-state index in [0.29, 0.717) is 5.92 Å². The molecule has 0 fully saturated rings. The van der Waals surface area contributed by atoms with E-state index in [1.54, 1.807) is 0 Å². The van der Waals surface area contributed by atoms with Crippen molar-refractivity contribution >= 4 is 10.8 Å². The van der Waals surface area contributed by atoms with Crippen molar-refractivity contribution < 1.29 is 9.84 Å². The number of hydrogen-bond acceptors (Lipinski definition) is 2. The number of ether oxygens (including phenoxy) is 1. The van der Waals surface area contributed by atoms with Gasteiger partial charge in [-0.15, -0.1) is 0 Å². The Morgan fingerprint density at radius 2 is 1.95 bits per heavy atom. The maximum Gasteiger partial charge on any atom is 0.0810 e. The van der Waals surface area contributed by atoms with Crippen LogP contribution >= 0.6 is 0 Å². The Bertz CT molecular complexity index is 645. The van der Waals surface area contributed by atoms with Crippen LogP contribution in [0.15, 0.2) is 54.1 Å². The summed E-state index contributed by atoms with van der Waals surface area (Å²) in [4.78, 5) is 0. The van der Waals surface area contributed by atoms with Crippen molar-refractivity contribution in [2.45, 2.75) is 25.9 Å². The van der Waals surface area contributed by atoms with Gasteiger partial charge in [-0.25, -0.2) is 0 Å². The SMILES string of the molecule is CC1C=C(CO)C(CCc2ccc3ccccc3c2)OC1. The lowest BCUT2D eigenvalue weighted by Gasteiger charge is -2.27. The molecule has 2 aromatic rings. The van der Waals surface area contributed by atoms with Crippen LogP contribution in [0.1, 0.15) is 18.9 Å². The summed E-state index contributed by atoms with van der Waals surface area (Å²) in [7, 11) is 0. The van der Waals surface area contributed by atoms with Crippen LogP contribution in [-0.4, -0.2) is 24.4 Å². The molecule has 1 aliphatic heterocycles. The first-order valence-electron chi connectivity index (χ1n) is 7.67. The summed E-state index contributed by atoms with van der Waals surface area (Å²) in [6, 6.07) is 15.0. The Hall–Kier alpha value is -1.64. The highest BCUT2D eigenvalue weighted by atomic mass is 16.5. The van der Waals surface area contributed by atoms with Crippen molar-refractivity contribution in [2.75, 3.05) is 13.2 Å². The molecule has 0 aliphatic carbocycles. The second-order valence-corrected chi connectivity index (χ2v) is 5.92. The van der Waals surface area contributed by atoms with Gasteiger partial charge in [-0.1, -0.05) is 55.5 Å². The van der Waals surface area contributed by atoms with Gasteiger partial charge < -0.3 is 9.84 Å². The van der Waals surface area contributed by atoms with E-state index >= 15 is 0 Å². The van der Waals surface area contributed by atoms with Crippen LogP contribution in [0, 0.1) is 5.92 Å². The average molecular weight is 282 g/mol. The summed E-state index contributed by atoms with van der Waals surface area (Å²) >= 11 is 0. The molecule has 2 nitrogen and oxygen atoms in total. The van der Waals surface area contributed by atoms with Crippen molar-refractivity contribution in [3.8, 4) is 0 Å². The first-order valence-corrected chi connectivity index (χ1v) is 7.67. The van der Waals surface area contributed by atoms with Crippen LogP contribution in [0.2, 0.25) is 0 Å². The fraction of sp³-hybridized carbons (Fsp3) is 0.368. The molecule has 3 rings (SSSR count). The molecule has 1 heterocycles. The quantitative estimate of drug-likeness (QED) is 0.866. The minimum Gasteiger partial charge on any atom is -0.392 e. The van der Waals surface area contributed by atoms with Crippen molar-refractivity contribution in [2.24, 2.45) is 5.92 Å². The van der Waals surface area contributed by atoms with E-state index in [1.807, 2.05) is 0 Å². The molecule has 0 saturated carbocycles. The molecule has 2 unspecified atom stereocenters. The van der Waals surface area contributed by atoms with E-state index < -0.39 is 0 Å². The standard InChI is InChI=1S/C19H22O2/c1-14-10-18(12-20)19(21-13-14)9-7-15-6-8-16-4-2-3-5-17(16)11-15/h2-6,8,10-11,14,19-20H,7,9,12-13H2,1H3. The van der Waals surface area contributed by atoms with Crippen LogP contribution in [-0.2, 0) is 11.2 Å². The number of aliphatic hydroxyl groups excluding tert-OH is 1. The summed E-state index contributed by atoms with van der Waals surface area (Å²) in [6.45, 7) is 2.98. The zero-order chi connectivity index (χ0) is 14.7. The third kappa shape index (κ3) is 3.34. The molecule has 0 saturated heterocycles. The highest BCUT2D eigenvalue weighted by Crippen LogP contribution is 2.23. The molecule has 110 valence electrons. The molecule has 1 N–H and O–H groups in total. The molecule has 0 amide bonds. The number of fused-ring (bicyclic) bond motifs is 1. The zero-order valence-electron chi connectivity index (χ0n) is 12.5. The predicted octanol–water partition coefficient (Wildman–Crippen LogP) is 3.73. The lowest BCUT2D eigenvalue weighted by atomic mass is 9.95. The van der Waals surface area contributed by atoms with Crippen LogP contribution < -0.4 is 0 Å². The Kier molecular flexibility index (Phi) is 4.37. The lowest BCUT2D eigenvalue weighted by molar-refractivity contribution is 0.0381. The third-order valence-electron chi connectivity index (χ3n) is 4.16. The van der Waals surface area contributed by atoms with Gasteiger partial charge in [0.1, 0.15) is 0 Å². The van der Waals surface area contributed by atoms with Crippen LogP contribution in [0.25, 0.3) is 10.8 Å². The molecule has 1 aliphatic rings. The van der Waals surface area contributed by atoms with Gasteiger partial charge in [-0.05, 0) is 40.7 Å². The number of aliphatic hydroxyl groups is 1. The van der Waals surface area contributed by atoms with Gasteiger partial charge in [-0.3, -0.25) is 0 Å². The van der Waals surface area contributed by atoms with Gasteiger partial charge in [0.2, 0.25) is 0 Å². The van der Waals surface area contributed by atoms with Crippen molar-refractivity contribution in [3.63, 3.8) is 0 Å². The van der Waals surface area contributed by atoms with Gasteiger partial charge in [0.15, 0.2) is 0 Å². The minimum atomic E-state index is 0.0673. The van der Waals surface area contributed by atoms with Gasteiger partial charge in [0, 0.05) is 0 Å². The molecular formula is C19H22O2. The molecule has 0 aromatic heterocycles. The third-order valence-corrected chi connectivity index (χ3v) is 4.16. The highest BCUT2D eigenvalue weighted by molar-refractivity contribution is 5.82. The predicted molar refractivity (Wildman–Crippen MR) is 86.3 cm³/mol. The average Bonchev–Trinajstić information content (AvgIpc) is 2.53. The van der Waals surface area contributed by atoms with Gasteiger partial charge in [0.05, 0.1) is 19.3 Å². The zero-order valence-corrected chi connectivity index (χ0v) is 12.5. The summed E-state index contributed by atoms with van der Waals surface area (Å²) < 4.78 is 5.87. The summed E-state index contributed by atoms with van der Waals surface area (Å²) in [5.41, 5.74) is 2.36. The Morgan fingerprint density at radius 1 is 1.14 bits per heavy atom. The first-order chi connectivity index (χ1) is 10.3. The lowest BCUT2D eigenvalue weighted by Crippen LogP contribution is -2.27. The number of rotatable bonds is 4. The van der Waals surface area contributed by atoms with E-state index in [1.165, 1.54) is 16.3 Å². The fourth-order valence-electron chi connectivity index (χ4n) is 3.01. The molecule has 0 spiro atoms. The number of aryl methyl sites for hydroxylation is 1. The van der Waals surface area contributed by atoms with Gasteiger partial charge in [0.25, 0.3) is 0 Å². The van der Waals surface area contributed by atoms with Crippen LogP contribution in [0.3, 0.4) is 0 Å². The van der Waals surface area contributed by atoms with E-state index in [0.717, 1.165) is 25.0 Å². The monoisotopic (exact) mass is 282 g/mol. The highest BCUT2D eigenvalue weighted by Gasteiger charge is 2.20. The molecule has 21 heavy (non-hydrogen) atoms. The normalized spacial score (nSPS) is 22.3. The van der Waals surface area contributed by atoms with Crippen molar-refractivity contribution in [1.29, 1.82) is 0 Å². The second-order valence-electron chi connectivity index (χ2n) is 5.92. The topological polar surface area (TPSA) is 29.5 Å². The molecule has 0 radical (unpaired) electrons. The van der Waals surface area contributed by atoms with Gasteiger partial charge in [-0.2, -0.15) is 0 Å². The second kappa shape index (κ2) is 6.42. The molecule has 0 bridgehead atoms. The van der Waals surface area contributed by atoms with Crippen LogP contribution in [0.4, 0.5) is 0 Å².